The first kappa shape index (κ1) is 12.8. The van der Waals surface area contributed by atoms with Crippen LogP contribution in [0.2, 0.25) is 5.15 Å². The number of hydrogen-bond acceptors (Lipinski definition) is 4. The van der Waals surface area contributed by atoms with Crippen molar-refractivity contribution in [1.29, 1.82) is 0 Å². The quantitative estimate of drug-likeness (QED) is 0.741. The molecule has 1 saturated heterocycles. The van der Waals surface area contributed by atoms with Gasteiger partial charge in [0, 0.05) is 20.1 Å². The van der Waals surface area contributed by atoms with Crippen molar-refractivity contribution < 1.29 is 9.59 Å². The van der Waals surface area contributed by atoms with Crippen molar-refractivity contribution >= 4 is 23.4 Å². The molecule has 0 spiro atoms. The normalized spacial score (nSPS) is 16.7. The Morgan fingerprint density at radius 1 is 1.33 bits per heavy atom. The predicted octanol–water partition coefficient (Wildman–Crippen LogP) is 0.434. The molecular formula is C11H13ClN4O2. The number of carbonyl (C=O) groups is 2. The number of nitrogens with zero attached hydrogens (tertiary/aromatic N) is 4. The monoisotopic (exact) mass is 268 g/mol. The topological polar surface area (TPSA) is 66.4 Å². The average Bonchev–Trinajstić information content (AvgIpc) is 2.52. The minimum Gasteiger partial charge on any atom is -0.344 e. The maximum atomic E-state index is 12.1. The third-order valence-corrected chi connectivity index (χ3v) is 3.01. The van der Waals surface area contributed by atoms with Crippen molar-refractivity contribution in [3.05, 3.63) is 23.0 Å². The van der Waals surface area contributed by atoms with Crippen LogP contribution in [0, 0.1) is 0 Å². The van der Waals surface area contributed by atoms with Gasteiger partial charge in [-0.25, -0.2) is 0 Å². The lowest BCUT2D eigenvalue weighted by Crippen LogP contribution is -2.38. The lowest BCUT2D eigenvalue weighted by Gasteiger charge is -2.18. The molecular weight excluding hydrogens is 256 g/mol. The summed E-state index contributed by atoms with van der Waals surface area (Å²) in [5, 5.41) is 7.59. The van der Waals surface area contributed by atoms with Crippen LogP contribution in [0.3, 0.4) is 0 Å². The molecule has 1 fully saturated rings. The summed E-state index contributed by atoms with van der Waals surface area (Å²) in [5.41, 5.74) is 0.205. The molecule has 0 radical (unpaired) electrons. The molecule has 2 amide bonds. The lowest BCUT2D eigenvalue weighted by molar-refractivity contribution is -0.129. The van der Waals surface area contributed by atoms with Gasteiger partial charge in [-0.2, -0.15) is 0 Å². The second-order valence-corrected chi connectivity index (χ2v) is 4.52. The molecule has 0 bridgehead atoms. The van der Waals surface area contributed by atoms with E-state index in [0.29, 0.717) is 13.1 Å². The fourth-order valence-corrected chi connectivity index (χ4v) is 1.85. The molecule has 1 aliphatic heterocycles. The summed E-state index contributed by atoms with van der Waals surface area (Å²) in [5.74, 6) is -0.356. The van der Waals surface area contributed by atoms with Crippen LogP contribution in [0.5, 0.6) is 0 Å². The summed E-state index contributed by atoms with van der Waals surface area (Å²) >= 11 is 5.61. The van der Waals surface area contributed by atoms with Gasteiger partial charge < -0.3 is 9.80 Å². The number of rotatable bonds is 1. The number of amides is 2. The van der Waals surface area contributed by atoms with Gasteiger partial charge in [-0.15, -0.1) is 10.2 Å². The minimum absolute atomic E-state index is 0.0669. The summed E-state index contributed by atoms with van der Waals surface area (Å²) in [6.07, 6.45) is 0.759. The number of aromatic nitrogens is 2. The third kappa shape index (κ3) is 2.76. The second-order valence-electron chi connectivity index (χ2n) is 4.14. The van der Waals surface area contributed by atoms with Crippen molar-refractivity contribution in [3.63, 3.8) is 0 Å². The Hall–Kier alpha value is -1.69. The zero-order chi connectivity index (χ0) is 13.1. The van der Waals surface area contributed by atoms with Crippen LogP contribution in [0.1, 0.15) is 16.9 Å². The molecule has 0 N–H and O–H groups in total. The highest BCUT2D eigenvalue weighted by atomic mass is 35.5. The number of hydrogen-bond donors (Lipinski definition) is 0. The zero-order valence-corrected chi connectivity index (χ0v) is 10.7. The summed E-state index contributed by atoms with van der Waals surface area (Å²) in [7, 11) is 1.73. The van der Waals surface area contributed by atoms with Crippen LogP contribution >= 0.6 is 11.6 Å². The largest absolute Gasteiger partial charge is 0.344 e. The summed E-state index contributed by atoms with van der Waals surface area (Å²) in [6, 6.07) is 3.02. The first-order valence-corrected chi connectivity index (χ1v) is 5.98. The highest BCUT2D eigenvalue weighted by Crippen LogP contribution is 2.08. The van der Waals surface area contributed by atoms with E-state index in [1.165, 1.54) is 17.0 Å². The van der Waals surface area contributed by atoms with E-state index >= 15 is 0 Å². The standard InChI is InChI=1S/C11H13ClN4O2/c1-15-5-2-6-16(7-10(15)17)11(18)8-3-4-9(12)14-13-8/h3-4H,2,5-7H2,1H3. The molecule has 1 aromatic rings. The Morgan fingerprint density at radius 2 is 2.11 bits per heavy atom. The van der Waals surface area contributed by atoms with Crippen molar-refractivity contribution in [2.45, 2.75) is 6.42 Å². The molecule has 1 aromatic heterocycles. The van der Waals surface area contributed by atoms with Crippen LogP contribution < -0.4 is 0 Å². The molecule has 0 atom stereocenters. The Bertz CT molecular complexity index is 463. The van der Waals surface area contributed by atoms with Gasteiger partial charge in [0.1, 0.15) is 6.54 Å². The van der Waals surface area contributed by atoms with Gasteiger partial charge in [0.2, 0.25) is 5.91 Å². The van der Waals surface area contributed by atoms with E-state index < -0.39 is 0 Å². The van der Waals surface area contributed by atoms with Crippen LogP contribution in [0.25, 0.3) is 0 Å². The Labute approximate surface area is 110 Å². The molecule has 0 unspecified atom stereocenters. The van der Waals surface area contributed by atoms with E-state index in [2.05, 4.69) is 10.2 Å². The summed E-state index contributed by atoms with van der Waals surface area (Å²) in [6.45, 7) is 1.29. The fourth-order valence-electron chi connectivity index (χ4n) is 1.75. The number of likely N-dealkylation sites (N-methyl/N-ethyl adjacent to an activating group) is 1. The SMILES string of the molecule is CN1CCCN(C(=O)c2ccc(Cl)nn2)CC1=O. The smallest absolute Gasteiger partial charge is 0.274 e. The molecule has 7 heteroatoms. The molecule has 0 saturated carbocycles. The first-order chi connectivity index (χ1) is 8.58. The van der Waals surface area contributed by atoms with Crippen LogP contribution in [-0.2, 0) is 4.79 Å². The number of carbonyl (C=O) groups excluding carboxylic acids is 2. The van der Waals surface area contributed by atoms with E-state index in [1.807, 2.05) is 0 Å². The van der Waals surface area contributed by atoms with Crippen LogP contribution in [0.15, 0.2) is 12.1 Å². The van der Waals surface area contributed by atoms with Crippen LogP contribution in [-0.4, -0.2) is 58.5 Å². The van der Waals surface area contributed by atoms with E-state index in [4.69, 9.17) is 11.6 Å². The second kappa shape index (κ2) is 5.30. The van der Waals surface area contributed by atoms with Gasteiger partial charge in [-0.3, -0.25) is 9.59 Å². The molecule has 2 rings (SSSR count). The van der Waals surface area contributed by atoms with Gasteiger partial charge in [-0.1, -0.05) is 11.6 Å². The van der Waals surface area contributed by atoms with Gasteiger partial charge in [-0.05, 0) is 18.6 Å². The summed E-state index contributed by atoms with van der Waals surface area (Å²) in [4.78, 5) is 26.9. The van der Waals surface area contributed by atoms with Crippen molar-refractivity contribution in [1.82, 2.24) is 20.0 Å². The highest BCUT2D eigenvalue weighted by molar-refractivity contribution is 6.29. The molecule has 0 aromatic carbocycles. The molecule has 18 heavy (non-hydrogen) atoms. The van der Waals surface area contributed by atoms with E-state index in [1.54, 1.807) is 11.9 Å². The molecule has 2 heterocycles. The Kier molecular flexibility index (Phi) is 3.76. The lowest BCUT2D eigenvalue weighted by atomic mass is 10.3. The maximum absolute atomic E-state index is 12.1. The molecule has 0 aliphatic carbocycles. The zero-order valence-electron chi connectivity index (χ0n) is 9.97. The highest BCUT2D eigenvalue weighted by Gasteiger charge is 2.24. The van der Waals surface area contributed by atoms with Gasteiger partial charge in [0.25, 0.3) is 5.91 Å². The van der Waals surface area contributed by atoms with Crippen molar-refractivity contribution in [3.8, 4) is 0 Å². The average molecular weight is 269 g/mol. The Balaban J connectivity index is 2.13. The predicted molar refractivity (Wildman–Crippen MR) is 65.2 cm³/mol. The van der Waals surface area contributed by atoms with Gasteiger partial charge in [0.05, 0.1) is 0 Å². The maximum Gasteiger partial charge on any atom is 0.274 e. The van der Waals surface area contributed by atoms with E-state index in [9.17, 15) is 9.59 Å². The molecule has 96 valence electrons. The van der Waals surface area contributed by atoms with Crippen LogP contribution in [0.4, 0.5) is 0 Å². The van der Waals surface area contributed by atoms with Gasteiger partial charge >= 0.3 is 0 Å². The fraction of sp³-hybridized carbons (Fsp3) is 0.455. The van der Waals surface area contributed by atoms with Gasteiger partial charge in [0.15, 0.2) is 10.8 Å². The third-order valence-electron chi connectivity index (χ3n) is 2.81. The van der Waals surface area contributed by atoms with E-state index in [-0.39, 0.29) is 29.2 Å². The van der Waals surface area contributed by atoms with E-state index in [0.717, 1.165) is 6.42 Å². The van der Waals surface area contributed by atoms with Crippen molar-refractivity contribution in [2.75, 3.05) is 26.7 Å². The summed E-state index contributed by atoms with van der Waals surface area (Å²) < 4.78 is 0. The first-order valence-electron chi connectivity index (χ1n) is 5.60. The minimum atomic E-state index is -0.289. The molecule has 1 aliphatic rings. The number of halogens is 1. The molecule has 6 nitrogen and oxygen atoms in total. The Morgan fingerprint density at radius 3 is 2.78 bits per heavy atom. The van der Waals surface area contributed by atoms with Crippen molar-refractivity contribution in [2.24, 2.45) is 0 Å².